The maximum atomic E-state index is 13.0. The number of imidazole rings is 1. The lowest BCUT2D eigenvalue weighted by Gasteiger charge is -2.37. The number of hydrogen-bond donors (Lipinski definition) is 0. The second-order valence-corrected chi connectivity index (χ2v) is 13.1. The van der Waals surface area contributed by atoms with Crippen molar-refractivity contribution in [2.75, 3.05) is 13.2 Å². The van der Waals surface area contributed by atoms with Crippen LogP contribution in [0.15, 0.2) is 164 Å². The molecule has 10 heteroatoms. The summed E-state index contributed by atoms with van der Waals surface area (Å²) < 4.78 is 22.1. The molecule has 0 aliphatic rings. The Balaban J connectivity index is 1.21. The highest BCUT2D eigenvalue weighted by molar-refractivity contribution is 6.02. The zero-order chi connectivity index (χ0) is 38.3. The van der Waals surface area contributed by atoms with Crippen LogP contribution in [-0.4, -0.2) is 48.9 Å². The number of ether oxygens (including phenoxy) is 3. The molecule has 0 N–H and O–H groups in total. The summed E-state index contributed by atoms with van der Waals surface area (Å²) in [4.78, 5) is 17.7. The standard InChI is InChI=1S/C46H40N6O4/c1-3-54-44(53)39-26-17-27-40-41(39)51(45(47-40)55-4-2)32-33-28-30-38(31-29-33)56-42(34-18-9-5-10-19-34)43-48-49-50-52(43)46(35-20-11-6-12-21-35,36-22-13-7-14-23-36)37-24-15-8-16-25-37/h5-31,42H,3-4,32H2,1-2H3. The van der Waals surface area contributed by atoms with Gasteiger partial charge >= 0.3 is 5.97 Å². The van der Waals surface area contributed by atoms with Crippen molar-refractivity contribution in [2.24, 2.45) is 0 Å². The Morgan fingerprint density at radius 3 is 1.84 bits per heavy atom. The molecule has 6 aromatic carbocycles. The summed E-state index contributed by atoms with van der Waals surface area (Å²) in [6, 6.07) is 54.6. The molecule has 0 spiro atoms. The Morgan fingerprint density at radius 2 is 1.27 bits per heavy atom. The molecule has 0 fully saturated rings. The van der Waals surface area contributed by atoms with E-state index in [1.807, 2.05) is 131 Å². The minimum Gasteiger partial charge on any atom is -0.478 e. The molecule has 2 heterocycles. The number of carbonyl (C=O) groups excluding carboxylic acids is 1. The number of fused-ring (bicyclic) bond motifs is 1. The minimum atomic E-state index is -0.947. The van der Waals surface area contributed by atoms with Crippen LogP contribution in [-0.2, 0) is 16.8 Å². The molecule has 2 aromatic heterocycles. The number of tetrazole rings is 1. The fourth-order valence-electron chi connectivity index (χ4n) is 7.31. The van der Waals surface area contributed by atoms with E-state index in [4.69, 9.17) is 29.5 Å². The third kappa shape index (κ3) is 6.77. The molecule has 0 aliphatic heterocycles. The predicted octanol–water partition coefficient (Wildman–Crippen LogP) is 8.66. The van der Waals surface area contributed by atoms with Gasteiger partial charge in [0.2, 0.25) is 0 Å². The number of para-hydroxylation sites is 1. The molecule has 1 atom stereocenters. The molecule has 0 saturated heterocycles. The first-order valence-corrected chi connectivity index (χ1v) is 18.7. The number of carbonyl (C=O) groups is 1. The summed E-state index contributed by atoms with van der Waals surface area (Å²) in [6.07, 6.45) is -0.693. The number of aromatic nitrogens is 6. The SMILES string of the molecule is CCOC(=O)c1cccc2nc(OCC)n(Cc3ccc(OC(c4ccccc4)c4nnnn4C(c4ccccc4)(c4ccccc4)c4ccccc4)cc3)c12. The van der Waals surface area contributed by atoms with Crippen molar-refractivity contribution in [1.29, 1.82) is 0 Å². The zero-order valence-electron chi connectivity index (χ0n) is 31.1. The van der Waals surface area contributed by atoms with Gasteiger partial charge in [-0.25, -0.2) is 9.48 Å². The second kappa shape index (κ2) is 16.1. The normalized spacial score (nSPS) is 12.0. The minimum absolute atomic E-state index is 0.269. The monoisotopic (exact) mass is 740 g/mol. The van der Waals surface area contributed by atoms with Crippen molar-refractivity contribution in [1.82, 2.24) is 29.8 Å². The first-order valence-electron chi connectivity index (χ1n) is 18.7. The van der Waals surface area contributed by atoms with Crippen molar-refractivity contribution in [3.05, 3.63) is 203 Å². The van der Waals surface area contributed by atoms with Crippen molar-refractivity contribution < 1.29 is 19.0 Å². The lowest BCUT2D eigenvalue weighted by molar-refractivity contribution is 0.0528. The van der Waals surface area contributed by atoms with Gasteiger partial charge in [0.1, 0.15) is 11.3 Å². The second-order valence-electron chi connectivity index (χ2n) is 13.1. The van der Waals surface area contributed by atoms with Crippen LogP contribution in [0.1, 0.15) is 64.0 Å². The Hall–Kier alpha value is -7.07. The number of nitrogens with zero attached hydrogens (tertiary/aromatic N) is 6. The summed E-state index contributed by atoms with van der Waals surface area (Å²) in [5, 5.41) is 13.8. The number of rotatable bonds is 14. The van der Waals surface area contributed by atoms with Crippen LogP contribution in [0.5, 0.6) is 11.8 Å². The van der Waals surface area contributed by atoms with Crippen molar-refractivity contribution in [2.45, 2.75) is 32.0 Å². The Morgan fingerprint density at radius 1 is 0.679 bits per heavy atom. The van der Waals surface area contributed by atoms with E-state index in [1.165, 1.54) is 0 Å². The van der Waals surface area contributed by atoms with Gasteiger partial charge in [-0.3, -0.25) is 4.57 Å². The van der Waals surface area contributed by atoms with E-state index in [-0.39, 0.29) is 6.61 Å². The largest absolute Gasteiger partial charge is 0.478 e. The van der Waals surface area contributed by atoms with Crippen molar-refractivity contribution in [3.63, 3.8) is 0 Å². The molecule has 0 saturated carbocycles. The summed E-state index contributed by atoms with van der Waals surface area (Å²) in [5.41, 5.74) is 5.61. The lowest BCUT2D eigenvalue weighted by atomic mass is 9.77. The maximum Gasteiger partial charge on any atom is 0.340 e. The van der Waals surface area contributed by atoms with Crippen LogP contribution >= 0.6 is 0 Å². The molecule has 1 unspecified atom stereocenters. The van der Waals surface area contributed by atoms with Gasteiger partial charge in [-0.05, 0) is 70.8 Å². The van der Waals surface area contributed by atoms with Crippen LogP contribution in [0.3, 0.4) is 0 Å². The summed E-state index contributed by atoms with van der Waals surface area (Å²) in [7, 11) is 0. The molecule has 0 aliphatic carbocycles. The number of hydrogen-bond acceptors (Lipinski definition) is 8. The molecular weight excluding hydrogens is 701 g/mol. The molecule has 0 bridgehead atoms. The first-order chi connectivity index (χ1) is 27.6. The van der Waals surface area contributed by atoms with Gasteiger partial charge in [-0.15, -0.1) is 5.10 Å². The summed E-state index contributed by atoms with van der Waals surface area (Å²) >= 11 is 0. The van der Waals surface area contributed by atoms with Gasteiger partial charge in [0.05, 0.1) is 36.4 Å². The third-order valence-corrected chi connectivity index (χ3v) is 9.74. The number of benzene rings is 6. The lowest BCUT2D eigenvalue weighted by Crippen LogP contribution is -2.40. The van der Waals surface area contributed by atoms with Crippen LogP contribution in [0.2, 0.25) is 0 Å². The van der Waals surface area contributed by atoms with E-state index in [0.29, 0.717) is 47.3 Å². The van der Waals surface area contributed by atoms with E-state index in [1.54, 1.807) is 19.1 Å². The summed E-state index contributed by atoms with van der Waals surface area (Å²) in [5.74, 6) is 0.736. The fraction of sp³-hybridized carbons (Fsp3) is 0.152. The summed E-state index contributed by atoms with van der Waals surface area (Å²) in [6.45, 7) is 4.79. The van der Waals surface area contributed by atoms with Gasteiger partial charge in [0.25, 0.3) is 6.01 Å². The van der Waals surface area contributed by atoms with Crippen molar-refractivity contribution in [3.8, 4) is 11.8 Å². The van der Waals surface area contributed by atoms with Gasteiger partial charge in [-0.1, -0.05) is 140 Å². The average Bonchev–Trinajstić information content (AvgIpc) is 3.88. The van der Waals surface area contributed by atoms with E-state index in [2.05, 4.69) is 41.6 Å². The van der Waals surface area contributed by atoms with Crippen LogP contribution < -0.4 is 9.47 Å². The molecule has 278 valence electrons. The molecule has 10 nitrogen and oxygen atoms in total. The zero-order valence-corrected chi connectivity index (χ0v) is 31.1. The topological polar surface area (TPSA) is 106 Å². The maximum absolute atomic E-state index is 13.0. The van der Waals surface area contributed by atoms with Crippen molar-refractivity contribution >= 4 is 17.0 Å². The van der Waals surface area contributed by atoms with E-state index < -0.39 is 17.6 Å². The Bertz CT molecular complexity index is 2430. The molecule has 0 amide bonds. The van der Waals surface area contributed by atoms with E-state index in [9.17, 15) is 4.79 Å². The fourth-order valence-corrected chi connectivity index (χ4v) is 7.31. The quantitative estimate of drug-likeness (QED) is 0.0806. The van der Waals surface area contributed by atoms with E-state index in [0.717, 1.165) is 27.8 Å². The predicted molar refractivity (Wildman–Crippen MR) is 214 cm³/mol. The van der Waals surface area contributed by atoms with Crippen LogP contribution in [0.4, 0.5) is 0 Å². The molecule has 8 aromatic rings. The highest BCUT2D eigenvalue weighted by Crippen LogP contribution is 2.42. The molecular formula is C46H40N6O4. The molecule has 0 radical (unpaired) electrons. The van der Waals surface area contributed by atoms with Gasteiger partial charge in [0, 0.05) is 5.56 Å². The first kappa shape index (κ1) is 35.9. The highest BCUT2D eigenvalue weighted by Gasteiger charge is 2.43. The average molecular weight is 741 g/mol. The van der Waals surface area contributed by atoms with Gasteiger partial charge in [0.15, 0.2) is 11.9 Å². The Kier molecular flexibility index (Phi) is 10.3. The third-order valence-electron chi connectivity index (χ3n) is 9.74. The van der Waals surface area contributed by atoms with Gasteiger partial charge in [-0.2, -0.15) is 4.98 Å². The smallest absolute Gasteiger partial charge is 0.340 e. The molecule has 8 rings (SSSR count). The van der Waals surface area contributed by atoms with E-state index >= 15 is 0 Å². The van der Waals surface area contributed by atoms with Crippen LogP contribution in [0.25, 0.3) is 11.0 Å². The van der Waals surface area contributed by atoms with Crippen LogP contribution in [0, 0.1) is 0 Å². The number of esters is 1. The highest BCUT2D eigenvalue weighted by atomic mass is 16.5. The van der Waals surface area contributed by atoms with Gasteiger partial charge < -0.3 is 14.2 Å². The molecule has 56 heavy (non-hydrogen) atoms. The Labute approximate surface area is 324 Å².